The number of ether oxygens (including phenoxy) is 1. The van der Waals surface area contributed by atoms with Gasteiger partial charge in [-0.25, -0.2) is 0 Å². The summed E-state index contributed by atoms with van der Waals surface area (Å²) in [6, 6.07) is 17.4. The van der Waals surface area contributed by atoms with Crippen LogP contribution in [0.3, 0.4) is 0 Å². The van der Waals surface area contributed by atoms with Gasteiger partial charge in [-0.1, -0.05) is 24.3 Å². The Morgan fingerprint density at radius 2 is 2.04 bits per heavy atom. The van der Waals surface area contributed by atoms with Crippen LogP contribution in [0.1, 0.15) is 25.5 Å². The number of benzene rings is 2. The summed E-state index contributed by atoms with van der Waals surface area (Å²) >= 11 is 0. The van der Waals surface area contributed by atoms with E-state index in [9.17, 15) is 0 Å². The summed E-state index contributed by atoms with van der Waals surface area (Å²) in [6.45, 7) is 4.63. The van der Waals surface area contributed by atoms with Crippen molar-refractivity contribution < 1.29 is 9.15 Å². The average molecular weight is 335 g/mol. The van der Waals surface area contributed by atoms with Gasteiger partial charge in [-0.2, -0.15) is 0 Å². The first-order chi connectivity index (χ1) is 12.2. The summed E-state index contributed by atoms with van der Waals surface area (Å²) in [4.78, 5) is 2.56. The molecule has 1 aliphatic rings. The van der Waals surface area contributed by atoms with E-state index in [1.54, 1.807) is 7.11 Å². The Kier molecular flexibility index (Phi) is 4.50. The molecule has 0 amide bonds. The number of furan rings is 1. The van der Waals surface area contributed by atoms with Gasteiger partial charge in [-0.05, 0) is 56.1 Å². The molecule has 3 nitrogen and oxygen atoms in total. The number of hydrogen-bond acceptors (Lipinski definition) is 3. The van der Waals surface area contributed by atoms with Crippen LogP contribution in [0.2, 0.25) is 0 Å². The van der Waals surface area contributed by atoms with E-state index in [1.807, 2.05) is 18.2 Å². The third kappa shape index (κ3) is 3.29. The van der Waals surface area contributed by atoms with Crippen LogP contribution in [-0.2, 0) is 6.42 Å². The Balaban J connectivity index is 1.57. The van der Waals surface area contributed by atoms with Crippen molar-refractivity contribution in [2.45, 2.75) is 32.2 Å². The maximum absolute atomic E-state index is 6.05. The standard InChI is InChI=1S/C22H25NO2/c1-16-6-5-12-23(16)13-11-19-15-18-14-17(9-10-21(18)25-19)20-7-3-4-8-22(20)24-2/h3-4,7-10,14-16H,5-6,11-13H2,1-2H3. The van der Waals surface area contributed by atoms with Gasteiger partial charge in [0.25, 0.3) is 0 Å². The number of likely N-dealkylation sites (tertiary alicyclic amines) is 1. The fourth-order valence-electron chi connectivity index (χ4n) is 3.85. The highest BCUT2D eigenvalue weighted by Gasteiger charge is 2.20. The maximum Gasteiger partial charge on any atom is 0.134 e. The van der Waals surface area contributed by atoms with E-state index in [0.29, 0.717) is 6.04 Å². The first kappa shape index (κ1) is 16.2. The fraction of sp³-hybridized carbons (Fsp3) is 0.364. The Bertz CT molecular complexity index is 867. The molecule has 0 radical (unpaired) electrons. The minimum absolute atomic E-state index is 0.710. The quantitative estimate of drug-likeness (QED) is 0.646. The maximum atomic E-state index is 6.05. The Hall–Kier alpha value is -2.26. The second kappa shape index (κ2) is 6.93. The molecule has 130 valence electrons. The highest BCUT2D eigenvalue weighted by atomic mass is 16.5. The van der Waals surface area contributed by atoms with Gasteiger partial charge >= 0.3 is 0 Å². The second-order valence-corrected chi connectivity index (χ2v) is 6.94. The highest BCUT2D eigenvalue weighted by Crippen LogP contribution is 2.32. The molecule has 25 heavy (non-hydrogen) atoms. The third-order valence-electron chi connectivity index (χ3n) is 5.32. The van der Waals surface area contributed by atoms with E-state index in [1.165, 1.54) is 19.4 Å². The molecule has 1 aliphatic heterocycles. The summed E-state index contributed by atoms with van der Waals surface area (Å²) in [5.74, 6) is 1.97. The highest BCUT2D eigenvalue weighted by molar-refractivity contribution is 5.85. The summed E-state index contributed by atoms with van der Waals surface area (Å²) in [7, 11) is 1.71. The predicted octanol–water partition coefficient (Wildman–Crippen LogP) is 5.14. The van der Waals surface area contributed by atoms with E-state index in [4.69, 9.17) is 9.15 Å². The van der Waals surface area contributed by atoms with Crippen LogP contribution in [0.25, 0.3) is 22.1 Å². The molecule has 1 fully saturated rings. The first-order valence-corrected chi connectivity index (χ1v) is 9.14. The molecular weight excluding hydrogens is 310 g/mol. The number of hydrogen-bond donors (Lipinski definition) is 0. The van der Waals surface area contributed by atoms with E-state index in [2.05, 4.69) is 42.2 Å². The molecule has 3 aromatic rings. The zero-order chi connectivity index (χ0) is 17.2. The van der Waals surface area contributed by atoms with Crippen molar-refractivity contribution in [3.8, 4) is 16.9 Å². The average Bonchev–Trinajstić information content (AvgIpc) is 3.24. The summed E-state index contributed by atoms with van der Waals surface area (Å²) < 4.78 is 11.5. The molecule has 2 heterocycles. The number of para-hydroxylation sites is 1. The molecule has 0 aliphatic carbocycles. The van der Waals surface area contributed by atoms with Gasteiger partial charge in [0.05, 0.1) is 7.11 Å². The van der Waals surface area contributed by atoms with Gasteiger partial charge in [0.15, 0.2) is 0 Å². The largest absolute Gasteiger partial charge is 0.496 e. The molecule has 2 aromatic carbocycles. The minimum Gasteiger partial charge on any atom is -0.496 e. The number of rotatable bonds is 5. The normalized spacial score (nSPS) is 18.1. The third-order valence-corrected chi connectivity index (χ3v) is 5.32. The topological polar surface area (TPSA) is 25.6 Å². The molecular formula is C22H25NO2. The summed E-state index contributed by atoms with van der Waals surface area (Å²) in [6.07, 6.45) is 3.62. The molecule has 0 saturated carbocycles. The summed E-state index contributed by atoms with van der Waals surface area (Å²) in [5, 5.41) is 1.16. The lowest BCUT2D eigenvalue weighted by atomic mass is 10.0. The van der Waals surface area contributed by atoms with Crippen molar-refractivity contribution >= 4 is 11.0 Å². The van der Waals surface area contributed by atoms with E-state index >= 15 is 0 Å². The second-order valence-electron chi connectivity index (χ2n) is 6.94. The Morgan fingerprint density at radius 1 is 1.16 bits per heavy atom. The number of methoxy groups -OCH3 is 1. The van der Waals surface area contributed by atoms with Crippen LogP contribution in [0.4, 0.5) is 0 Å². The molecule has 1 aromatic heterocycles. The Morgan fingerprint density at radius 3 is 2.84 bits per heavy atom. The molecule has 0 bridgehead atoms. The molecule has 3 heteroatoms. The van der Waals surface area contributed by atoms with Crippen molar-refractivity contribution in [2.75, 3.05) is 20.2 Å². The van der Waals surface area contributed by atoms with Gasteiger partial charge in [0, 0.05) is 30.0 Å². The van der Waals surface area contributed by atoms with Gasteiger partial charge in [0.1, 0.15) is 17.1 Å². The van der Waals surface area contributed by atoms with Gasteiger partial charge in [-0.15, -0.1) is 0 Å². The zero-order valence-corrected chi connectivity index (χ0v) is 15.0. The van der Waals surface area contributed by atoms with Crippen LogP contribution in [0, 0.1) is 0 Å². The van der Waals surface area contributed by atoms with E-state index in [0.717, 1.165) is 46.6 Å². The Labute approximate surface area is 149 Å². The molecule has 1 saturated heterocycles. The van der Waals surface area contributed by atoms with Crippen LogP contribution >= 0.6 is 0 Å². The van der Waals surface area contributed by atoms with Crippen molar-refractivity contribution in [1.29, 1.82) is 0 Å². The van der Waals surface area contributed by atoms with Crippen LogP contribution in [0.15, 0.2) is 52.9 Å². The van der Waals surface area contributed by atoms with E-state index in [-0.39, 0.29) is 0 Å². The monoisotopic (exact) mass is 335 g/mol. The summed E-state index contributed by atoms with van der Waals surface area (Å²) in [5.41, 5.74) is 3.23. The lowest BCUT2D eigenvalue weighted by Crippen LogP contribution is -2.28. The van der Waals surface area contributed by atoms with Crippen LogP contribution in [-0.4, -0.2) is 31.1 Å². The molecule has 1 unspecified atom stereocenters. The predicted molar refractivity (Wildman–Crippen MR) is 102 cm³/mol. The smallest absolute Gasteiger partial charge is 0.134 e. The van der Waals surface area contributed by atoms with Crippen LogP contribution < -0.4 is 4.74 Å². The molecule has 1 atom stereocenters. The molecule has 0 spiro atoms. The minimum atomic E-state index is 0.710. The fourth-order valence-corrected chi connectivity index (χ4v) is 3.85. The van der Waals surface area contributed by atoms with Crippen molar-refractivity contribution in [3.05, 3.63) is 54.3 Å². The van der Waals surface area contributed by atoms with Crippen LogP contribution in [0.5, 0.6) is 5.75 Å². The SMILES string of the molecule is COc1ccccc1-c1ccc2oc(CCN3CCCC3C)cc2c1. The van der Waals surface area contributed by atoms with Gasteiger partial charge in [-0.3, -0.25) is 0 Å². The lowest BCUT2D eigenvalue weighted by Gasteiger charge is -2.19. The van der Waals surface area contributed by atoms with Crippen molar-refractivity contribution in [1.82, 2.24) is 4.90 Å². The lowest BCUT2D eigenvalue weighted by molar-refractivity contribution is 0.266. The van der Waals surface area contributed by atoms with Crippen molar-refractivity contribution in [3.63, 3.8) is 0 Å². The number of nitrogens with zero attached hydrogens (tertiary/aromatic N) is 1. The van der Waals surface area contributed by atoms with Gasteiger partial charge in [0.2, 0.25) is 0 Å². The van der Waals surface area contributed by atoms with Gasteiger partial charge < -0.3 is 14.1 Å². The van der Waals surface area contributed by atoms with Crippen molar-refractivity contribution in [2.24, 2.45) is 0 Å². The molecule has 4 rings (SSSR count). The first-order valence-electron chi connectivity index (χ1n) is 9.14. The zero-order valence-electron chi connectivity index (χ0n) is 15.0. The molecule has 0 N–H and O–H groups in total. The number of fused-ring (bicyclic) bond motifs is 1. The van der Waals surface area contributed by atoms with E-state index < -0.39 is 0 Å².